The van der Waals surface area contributed by atoms with Gasteiger partial charge < -0.3 is 25.0 Å². The zero-order chi connectivity index (χ0) is 60.4. The summed E-state index contributed by atoms with van der Waals surface area (Å²) in [5, 5.41) is 7.92. The fraction of sp³-hybridized carbons (Fsp3) is 0.314. The zero-order valence-electron chi connectivity index (χ0n) is 49.7. The Kier molecular flexibility index (Phi) is 19.0. The molecule has 2 aliphatic heterocycles. The third-order valence-electron chi connectivity index (χ3n) is 16.3. The first kappa shape index (κ1) is 60.0. The van der Waals surface area contributed by atoms with E-state index in [1.165, 1.54) is 11.1 Å². The predicted molar refractivity (Wildman–Crippen MR) is 343 cm³/mol. The fourth-order valence-electron chi connectivity index (χ4n) is 11.6. The number of nitrogens with zero attached hydrogens (tertiary/aromatic N) is 8. The van der Waals surface area contributed by atoms with Crippen molar-refractivity contribution in [3.05, 3.63) is 189 Å². The smallest absolute Gasteiger partial charge is 0.348 e. The highest BCUT2D eigenvalue weighted by Crippen LogP contribution is 2.33. The summed E-state index contributed by atoms with van der Waals surface area (Å²) in [6.45, 7) is 18.6. The molecule has 0 saturated carbocycles. The lowest BCUT2D eigenvalue weighted by molar-refractivity contribution is -0.134. The highest BCUT2D eigenvalue weighted by atomic mass is 16.5. The first-order valence-corrected chi connectivity index (χ1v) is 29.4. The highest BCUT2D eigenvalue weighted by Gasteiger charge is 2.43. The monoisotopic (exact) mass is 1150 g/mol. The quantitative estimate of drug-likeness (QED) is 0.0520. The summed E-state index contributed by atoms with van der Waals surface area (Å²) in [6.07, 6.45) is 13.0. The van der Waals surface area contributed by atoms with Gasteiger partial charge in [-0.15, -0.1) is 19.4 Å². The number of fused-ring (bicyclic) bond motifs is 2. The summed E-state index contributed by atoms with van der Waals surface area (Å²) in [5.74, 6) is 6.14. The van der Waals surface area contributed by atoms with Crippen LogP contribution in [0.25, 0.3) is 44.3 Å². The van der Waals surface area contributed by atoms with Gasteiger partial charge in [0, 0.05) is 92.2 Å². The van der Waals surface area contributed by atoms with E-state index in [9.17, 15) is 9.59 Å². The van der Waals surface area contributed by atoms with Gasteiger partial charge in [-0.3, -0.25) is 33.4 Å². The Morgan fingerprint density at radius 1 is 0.581 bits per heavy atom. The topological polar surface area (TPSA) is 159 Å². The third-order valence-corrected chi connectivity index (χ3v) is 16.3. The molecular weight excluding hydrogens is 1080 g/mol. The van der Waals surface area contributed by atoms with E-state index in [0.717, 1.165) is 27.6 Å². The molecule has 16 heteroatoms. The van der Waals surface area contributed by atoms with E-state index in [1.54, 1.807) is 21.3 Å². The number of carbonyl (C=O) groups excluding carboxylic acids is 2. The van der Waals surface area contributed by atoms with E-state index in [0.29, 0.717) is 121 Å². The lowest BCUT2D eigenvalue weighted by Crippen LogP contribution is -2.66. The number of terminal acetylenes is 2. The molecule has 2 aliphatic rings. The molecule has 2 aromatic heterocycles. The number of hydrogen-bond acceptors (Lipinski definition) is 12. The van der Waals surface area contributed by atoms with Gasteiger partial charge in [-0.25, -0.2) is 9.59 Å². The lowest BCUT2D eigenvalue weighted by atomic mass is 9.99. The van der Waals surface area contributed by atoms with Gasteiger partial charge in [-0.05, 0) is 102 Å². The molecule has 16 nitrogen and oxygen atoms in total. The summed E-state index contributed by atoms with van der Waals surface area (Å²) in [7, 11) is 2.06. The number of amides is 2. The van der Waals surface area contributed by atoms with Gasteiger partial charge in [0.15, 0.2) is 0 Å². The number of aromatic nitrogens is 4. The Balaban J connectivity index is 0.953. The van der Waals surface area contributed by atoms with Gasteiger partial charge in [0.2, 0.25) is 11.8 Å². The molecule has 0 spiro atoms. The molecule has 2 fully saturated rings. The molecule has 0 bridgehead atoms. The summed E-state index contributed by atoms with van der Waals surface area (Å²) in [5.41, 5.74) is 7.93. The second-order valence-corrected chi connectivity index (χ2v) is 22.8. The van der Waals surface area contributed by atoms with E-state index in [2.05, 4.69) is 118 Å². The van der Waals surface area contributed by atoms with E-state index in [-0.39, 0.29) is 38.1 Å². The standard InChI is InChI=1S/C70H74N10O6/c1-9-30-76-33-37-78(38-34-76)66(68(82)72-56-17-13-15-50(42-56)46-80-62-29-27-58(86-40-11-3)44-60(62)64(74-70(80)84)54-24-20-52(21-25-54)48(6)7)65(77-35-31-75(8)32-36-77)67(81)71-55-16-12-14-49(41-55)45-79-61-28-26-57(85-39-10-2)43-59(61)63(73-69(79)83)53-22-18-51(19-23-53)47(4)5/h2-3,9,12-29,41-44,47-48,65-66H,1,30-40,45-46H2,4-8H3,(H,71,81)(H,72,82). The SMILES string of the molecule is C#CCOc1ccc2c(c1)c(-c1ccc(C(C)C)cc1)nc(=O)n2Cc1cccc(NC(=O)C(C(C(=O)Nc2cccc(Cn3c(=O)nc(-c4ccc(C(C)C)cc4)c4cc(OCC#C)ccc43)c2)N2CCN(CC=C)CC2)N2CCN(C)CC2)c1. The molecule has 2 atom stereocenters. The van der Waals surface area contributed by atoms with Crippen LogP contribution in [-0.4, -0.2) is 142 Å². The minimum atomic E-state index is -0.925. The number of likely N-dealkylation sites (N-methyl/N-ethyl adjacent to an activating group) is 1. The summed E-state index contributed by atoms with van der Waals surface area (Å²) >= 11 is 0. The van der Waals surface area contributed by atoms with Crippen LogP contribution in [0.1, 0.15) is 61.8 Å². The van der Waals surface area contributed by atoms with Gasteiger partial charge in [-0.2, -0.15) is 9.97 Å². The molecular formula is C70H74N10O6. The van der Waals surface area contributed by atoms with Crippen molar-refractivity contribution < 1.29 is 19.1 Å². The van der Waals surface area contributed by atoms with Gasteiger partial charge >= 0.3 is 11.4 Å². The molecule has 2 saturated heterocycles. The van der Waals surface area contributed by atoms with Crippen molar-refractivity contribution in [2.75, 3.05) is 89.8 Å². The first-order valence-electron chi connectivity index (χ1n) is 29.4. The van der Waals surface area contributed by atoms with Gasteiger partial charge in [0.25, 0.3) is 0 Å². The average Bonchev–Trinajstić information content (AvgIpc) is 1.00. The molecule has 2 amide bonds. The van der Waals surface area contributed by atoms with Gasteiger partial charge in [0.1, 0.15) is 36.8 Å². The zero-order valence-corrected chi connectivity index (χ0v) is 49.7. The van der Waals surface area contributed by atoms with Crippen LogP contribution in [0.3, 0.4) is 0 Å². The Morgan fingerprint density at radius 2 is 1.00 bits per heavy atom. The van der Waals surface area contributed by atoms with Crippen LogP contribution in [0, 0.1) is 24.7 Å². The minimum Gasteiger partial charge on any atom is -0.481 e. The van der Waals surface area contributed by atoms with Crippen LogP contribution in [0.4, 0.5) is 11.4 Å². The highest BCUT2D eigenvalue weighted by molar-refractivity contribution is 6.04. The van der Waals surface area contributed by atoms with E-state index < -0.39 is 23.5 Å². The Morgan fingerprint density at radius 3 is 1.40 bits per heavy atom. The van der Waals surface area contributed by atoms with E-state index >= 15 is 9.59 Å². The molecule has 8 aromatic rings. The van der Waals surface area contributed by atoms with Crippen molar-refractivity contribution in [1.29, 1.82) is 0 Å². The Labute approximate surface area is 503 Å². The van der Waals surface area contributed by atoms with Crippen LogP contribution in [0.15, 0.2) is 156 Å². The number of rotatable bonds is 21. The van der Waals surface area contributed by atoms with Gasteiger partial charge in [0.05, 0.1) is 35.5 Å². The van der Waals surface area contributed by atoms with Crippen molar-refractivity contribution in [3.63, 3.8) is 0 Å². The largest absolute Gasteiger partial charge is 0.481 e. The number of nitrogens with one attached hydrogen (secondary N) is 2. The average molecular weight is 1150 g/mol. The molecule has 6 aromatic carbocycles. The van der Waals surface area contributed by atoms with Crippen molar-refractivity contribution in [2.24, 2.45) is 0 Å². The van der Waals surface area contributed by atoms with E-state index in [4.69, 9.17) is 22.3 Å². The van der Waals surface area contributed by atoms with Crippen molar-refractivity contribution in [1.82, 2.24) is 38.7 Å². The summed E-state index contributed by atoms with van der Waals surface area (Å²) in [6, 6.07) is 40.2. The molecule has 440 valence electrons. The van der Waals surface area contributed by atoms with Crippen molar-refractivity contribution >= 4 is 45.0 Å². The van der Waals surface area contributed by atoms with Crippen LogP contribution in [-0.2, 0) is 22.7 Å². The molecule has 10 rings (SSSR count). The molecule has 4 heterocycles. The number of piperazine rings is 2. The maximum Gasteiger partial charge on any atom is 0.348 e. The summed E-state index contributed by atoms with van der Waals surface area (Å²) < 4.78 is 14.9. The van der Waals surface area contributed by atoms with Crippen LogP contribution in [0.5, 0.6) is 11.5 Å². The van der Waals surface area contributed by atoms with E-state index in [1.807, 2.05) is 103 Å². The van der Waals surface area contributed by atoms with Crippen molar-refractivity contribution in [2.45, 2.75) is 64.7 Å². The first-order chi connectivity index (χ1) is 41.7. The van der Waals surface area contributed by atoms with Crippen LogP contribution in [0.2, 0.25) is 0 Å². The molecule has 2 unspecified atom stereocenters. The number of ether oxygens (including phenoxy) is 2. The Hall–Kier alpha value is -9.16. The predicted octanol–water partition coefficient (Wildman–Crippen LogP) is 9.17. The minimum absolute atomic E-state index is 0.0799. The molecule has 0 radical (unpaired) electrons. The second kappa shape index (κ2) is 27.3. The van der Waals surface area contributed by atoms with Gasteiger partial charge in [-0.1, -0.05) is 118 Å². The normalized spacial score (nSPS) is 15.0. The maximum absolute atomic E-state index is 15.4. The molecule has 2 N–H and O–H groups in total. The van der Waals surface area contributed by atoms with Crippen molar-refractivity contribution in [3.8, 4) is 58.7 Å². The number of anilines is 2. The fourth-order valence-corrected chi connectivity index (χ4v) is 11.6. The van der Waals surface area contributed by atoms with Crippen LogP contribution < -0.4 is 31.5 Å². The third kappa shape index (κ3) is 13.8. The summed E-state index contributed by atoms with van der Waals surface area (Å²) in [4.78, 5) is 77.4. The lowest BCUT2D eigenvalue weighted by Gasteiger charge is -2.45. The maximum atomic E-state index is 15.4. The molecule has 86 heavy (non-hydrogen) atoms. The van der Waals surface area contributed by atoms with Crippen LogP contribution >= 0.6 is 0 Å². The number of benzene rings is 6. The molecule has 0 aliphatic carbocycles. The second-order valence-electron chi connectivity index (χ2n) is 22.8. The number of carbonyl (C=O) groups is 2. The Bertz CT molecular complexity index is 3970. The number of hydrogen-bond donors (Lipinski definition) is 2.